The molecule has 0 unspecified atom stereocenters. The quantitative estimate of drug-likeness (QED) is 0.580. The minimum atomic E-state index is -0.0255. The smallest absolute Gasteiger partial charge is 0.305 e. The van der Waals surface area contributed by atoms with Crippen molar-refractivity contribution in [3.8, 4) is 0 Å². The molecule has 1 aliphatic heterocycles. The van der Waals surface area contributed by atoms with Gasteiger partial charge in [-0.1, -0.05) is 26.2 Å². The second-order valence-electron chi connectivity index (χ2n) is 3.82. The van der Waals surface area contributed by atoms with Crippen molar-refractivity contribution in [1.82, 2.24) is 0 Å². The van der Waals surface area contributed by atoms with Crippen LogP contribution in [0.5, 0.6) is 0 Å². The number of cyclic esters (lactones) is 1. The van der Waals surface area contributed by atoms with Gasteiger partial charge in [0.2, 0.25) is 0 Å². The lowest BCUT2D eigenvalue weighted by molar-refractivity contribution is -0.142. The van der Waals surface area contributed by atoms with E-state index in [0.717, 1.165) is 25.7 Å². The molecule has 0 aromatic carbocycles. The molecule has 0 spiro atoms. The van der Waals surface area contributed by atoms with Gasteiger partial charge in [-0.3, -0.25) is 4.79 Å². The molecule has 0 aliphatic carbocycles. The third kappa shape index (κ3) is 11.4. The largest absolute Gasteiger partial charge is 0.466 e. The molecule has 1 saturated heterocycles. The Morgan fingerprint density at radius 2 is 2.00 bits per heavy atom. The third-order valence-corrected chi connectivity index (χ3v) is 2.30. The van der Waals surface area contributed by atoms with Gasteiger partial charge < -0.3 is 9.84 Å². The summed E-state index contributed by atoms with van der Waals surface area (Å²) in [5.74, 6) is -0.0255. The van der Waals surface area contributed by atoms with Gasteiger partial charge in [0.1, 0.15) is 0 Å². The van der Waals surface area contributed by atoms with Crippen molar-refractivity contribution in [2.45, 2.75) is 58.3 Å². The van der Waals surface area contributed by atoms with Gasteiger partial charge in [-0.2, -0.15) is 0 Å². The molecule has 90 valence electrons. The number of rotatable bonds is 4. The van der Waals surface area contributed by atoms with Gasteiger partial charge in [0.25, 0.3) is 0 Å². The van der Waals surface area contributed by atoms with E-state index in [2.05, 4.69) is 6.92 Å². The molecule has 1 heterocycles. The van der Waals surface area contributed by atoms with Gasteiger partial charge in [0.05, 0.1) is 6.61 Å². The van der Waals surface area contributed by atoms with E-state index in [1.54, 1.807) is 0 Å². The zero-order valence-corrected chi connectivity index (χ0v) is 9.83. The first-order valence-electron chi connectivity index (χ1n) is 6.07. The highest BCUT2D eigenvalue weighted by atomic mass is 16.5. The van der Waals surface area contributed by atoms with Crippen molar-refractivity contribution >= 4 is 5.97 Å². The maximum Gasteiger partial charge on any atom is 0.305 e. The Morgan fingerprint density at radius 1 is 1.20 bits per heavy atom. The van der Waals surface area contributed by atoms with Gasteiger partial charge in [-0.25, -0.2) is 0 Å². The summed E-state index contributed by atoms with van der Waals surface area (Å²) in [7, 11) is 0. The van der Waals surface area contributed by atoms with Crippen LogP contribution in [0.1, 0.15) is 58.3 Å². The maximum absolute atomic E-state index is 10.5. The van der Waals surface area contributed by atoms with E-state index in [9.17, 15) is 4.79 Å². The first kappa shape index (κ1) is 14.4. The van der Waals surface area contributed by atoms with Crippen LogP contribution in [0.2, 0.25) is 0 Å². The van der Waals surface area contributed by atoms with E-state index in [1.165, 1.54) is 19.3 Å². The van der Waals surface area contributed by atoms with Crippen molar-refractivity contribution in [2.75, 3.05) is 13.2 Å². The number of aliphatic hydroxyl groups is 1. The molecular weight excluding hydrogens is 192 g/mol. The summed E-state index contributed by atoms with van der Waals surface area (Å²) >= 11 is 0. The minimum Gasteiger partial charge on any atom is -0.466 e. The summed E-state index contributed by atoms with van der Waals surface area (Å²) in [6.07, 6.45) is 8.51. The molecule has 0 bridgehead atoms. The number of carbonyl (C=O) groups is 1. The number of esters is 1. The van der Waals surface area contributed by atoms with E-state index in [0.29, 0.717) is 19.6 Å². The topological polar surface area (TPSA) is 46.5 Å². The average Bonchev–Trinajstić information content (AvgIpc) is 2.48. The van der Waals surface area contributed by atoms with Crippen LogP contribution in [-0.4, -0.2) is 24.3 Å². The van der Waals surface area contributed by atoms with Crippen LogP contribution in [0, 0.1) is 0 Å². The third-order valence-electron chi connectivity index (χ3n) is 2.30. The predicted octanol–water partition coefficient (Wildman–Crippen LogP) is 2.66. The zero-order valence-electron chi connectivity index (χ0n) is 9.83. The number of hydrogen-bond donors (Lipinski definition) is 1. The molecule has 0 aromatic rings. The number of carbonyl (C=O) groups excluding carboxylic acids is 1. The van der Waals surface area contributed by atoms with E-state index >= 15 is 0 Å². The van der Waals surface area contributed by atoms with Gasteiger partial charge >= 0.3 is 5.97 Å². The van der Waals surface area contributed by atoms with Crippen molar-refractivity contribution in [2.24, 2.45) is 0 Å². The Morgan fingerprint density at radius 3 is 2.67 bits per heavy atom. The summed E-state index contributed by atoms with van der Waals surface area (Å²) in [5.41, 5.74) is 0. The zero-order chi connectivity index (χ0) is 11.4. The van der Waals surface area contributed by atoms with E-state index in [4.69, 9.17) is 9.84 Å². The molecule has 3 nitrogen and oxygen atoms in total. The number of hydrogen-bond acceptors (Lipinski definition) is 3. The normalized spacial score (nSPS) is 16.0. The van der Waals surface area contributed by atoms with Crippen LogP contribution in [-0.2, 0) is 9.53 Å². The molecule has 0 radical (unpaired) electrons. The SMILES string of the molecule is CCCCCCO.O=C1CCCCCO1. The van der Waals surface area contributed by atoms with Gasteiger partial charge in [-0.05, 0) is 25.7 Å². The van der Waals surface area contributed by atoms with Crippen molar-refractivity contribution in [3.63, 3.8) is 0 Å². The summed E-state index contributed by atoms with van der Waals surface area (Å²) in [4.78, 5) is 10.5. The monoisotopic (exact) mass is 216 g/mol. The molecule has 0 amide bonds. The second-order valence-corrected chi connectivity index (χ2v) is 3.82. The van der Waals surface area contributed by atoms with E-state index in [-0.39, 0.29) is 5.97 Å². The summed E-state index contributed by atoms with van der Waals surface area (Å²) in [5, 5.41) is 8.29. The molecule has 0 aromatic heterocycles. The first-order chi connectivity index (χ1) is 7.31. The highest BCUT2D eigenvalue weighted by molar-refractivity contribution is 5.69. The van der Waals surface area contributed by atoms with Crippen LogP contribution < -0.4 is 0 Å². The predicted molar refractivity (Wildman–Crippen MR) is 60.7 cm³/mol. The molecule has 1 aliphatic rings. The molecule has 3 heteroatoms. The molecule has 0 saturated carbocycles. The molecule has 1 fully saturated rings. The van der Waals surface area contributed by atoms with Crippen LogP contribution in [0.3, 0.4) is 0 Å². The molecule has 1 N–H and O–H groups in total. The number of aliphatic hydroxyl groups excluding tert-OH is 1. The van der Waals surface area contributed by atoms with Gasteiger partial charge in [-0.15, -0.1) is 0 Å². The van der Waals surface area contributed by atoms with Crippen LogP contribution in [0.15, 0.2) is 0 Å². The lowest BCUT2D eigenvalue weighted by Crippen LogP contribution is -2.00. The molecule has 15 heavy (non-hydrogen) atoms. The Bertz CT molecular complexity index is 132. The van der Waals surface area contributed by atoms with Crippen LogP contribution in [0.25, 0.3) is 0 Å². The summed E-state index contributed by atoms with van der Waals surface area (Å²) in [6.45, 7) is 3.16. The Balaban J connectivity index is 0.000000265. The Hall–Kier alpha value is -0.570. The Labute approximate surface area is 92.8 Å². The van der Waals surface area contributed by atoms with Crippen LogP contribution >= 0.6 is 0 Å². The van der Waals surface area contributed by atoms with Crippen molar-refractivity contribution in [3.05, 3.63) is 0 Å². The lowest BCUT2D eigenvalue weighted by atomic mass is 10.2. The summed E-state index contributed by atoms with van der Waals surface area (Å²) in [6, 6.07) is 0. The molecular formula is C12H24O3. The average molecular weight is 216 g/mol. The first-order valence-corrected chi connectivity index (χ1v) is 6.07. The van der Waals surface area contributed by atoms with E-state index in [1.807, 2.05) is 0 Å². The van der Waals surface area contributed by atoms with Gasteiger partial charge in [0.15, 0.2) is 0 Å². The van der Waals surface area contributed by atoms with Gasteiger partial charge in [0, 0.05) is 13.0 Å². The minimum absolute atomic E-state index is 0.0255. The number of unbranched alkanes of at least 4 members (excludes halogenated alkanes) is 3. The number of ether oxygens (including phenoxy) is 1. The maximum atomic E-state index is 10.5. The van der Waals surface area contributed by atoms with Crippen LogP contribution in [0.4, 0.5) is 0 Å². The highest BCUT2D eigenvalue weighted by Gasteiger charge is 2.05. The molecule has 1 rings (SSSR count). The van der Waals surface area contributed by atoms with Crippen molar-refractivity contribution < 1.29 is 14.6 Å². The Kier molecular flexibility index (Phi) is 11.1. The fourth-order valence-electron chi connectivity index (χ4n) is 1.34. The fraction of sp³-hybridized carbons (Fsp3) is 0.917. The second kappa shape index (κ2) is 11.5. The molecule has 0 atom stereocenters. The van der Waals surface area contributed by atoms with Crippen molar-refractivity contribution in [1.29, 1.82) is 0 Å². The lowest BCUT2D eigenvalue weighted by Gasteiger charge is -1.93. The standard InChI is InChI=1S/C6H10O2.C6H14O/c7-6-4-2-1-3-5-8-6;1-2-3-4-5-6-7/h1-5H2;7H,2-6H2,1H3. The van der Waals surface area contributed by atoms with E-state index < -0.39 is 0 Å². The highest BCUT2D eigenvalue weighted by Crippen LogP contribution is 2.06. The fourth-order valence-corrected chi connectivity index (χ4v) is 1.34. The summed E-state index contributed by atoms with van der Waals surface area (Å²) < 4.78 is 4.76.